The largest absolute Gasteiger partial charge is 0.391 e. The summed E-state index contributed by atoms with van der Waals surface area (Å²) in [5, 5.41) is 10.3. The zero-order chi connectivity index (χ0) is 18.8. The Morgan fingerprint density at radius 1 is 1.38 bits per heavy atom. The second kappa shape index (κ2) is 7.69. The van der Waals surface area contributed by atoms with E-state index in [1.165, 1.54) is 16.3 Å². The normalized spacial score (nSPS) is 12.6. The number of aryl methyl sites for hydroxylation is 2. The number of hydrogen-bond acceptors (Lipinski definition) is 5. The van der Waals surface area contributed by atoms with Crippen molar-refractivity contribution < 1.29 is 5.11 Å². The maximum absolute atomic E-state index is 12.4. The SMILES string of the molecule is Cc1cccc(Cn2c(SCC(O)CCl)nc3c2c(=O)[nH]c(=O)n3C)c1. The van der Waals surface area contributed by atoms with Crippen molar-refractivity contribution in [1.82, 2.24) is 19.1 Å². The summed E-state index contributed by atoms with van der Waals surface area (Å²) in [4.78, 5) is 31.1. The van der Waals surface area contributed by atoms with Gasteiger partial charge in [-0.1, -0.05) is 41.6 Å². The van der Waals surface area contributed by atoms with E-state index in [9.17, 15) is 14.7 Å². The molecule has 138 valence electrons. The first-order valence-electron chi connectivity index (χ1n) is 8.02. The first kappa shape index (κ1) is 18.8. The molecule has 0 aliphatic carbocycles. The van der Waals surface area contributed by atoms with E-state index in [1.54, 1.807) is 11.6 Å². The lowest BCUT2D eigenvalue weighted by Crippen LogP contribution is -2.29. The fourth-order valence-electron chi connectivity index (χ4n) is 2.68. The number of benzene rings is 1. The molecule has 7 nitrogen and oxygen atoms in total. The number of alkyl halides is 1. The van der Waals surface area contributed by atoms with Crippen LogP contribution >= 0.6 is 23.4 Å². The first-order valence-corrected chi connectivity index (χ1v) is 9.54. The molecule has 1 atom stereocenters. The highest BCUT2D eigenvalue weighted by molar-refractivity contribution is 7.99. The van der Waals surface area contributed by atoms with Gasteiger partial charge in [-0.25, -0.2) is 9.78 Å². The Morgan fingerprint density at radius 2 is 2.15 bits per heavy atom. The average molecular weight is 395 g/mol. The van der Waals surface area contributed by atoms with Gasteiger partial charge in [0.1, 0.15) is 0 Å². The van der Waals surface area contributed by atoms with E-state index in [0.29, 0.717) is 28.6 Å². The van der Waals surface area contributed by atoms with Gasteiger partial charge in [0.05, 0.1) is 12.6 Å². The molecule has 0 saturated heterocycles. The third-order valence-electron chi connectivity index (χ3n) is 3.98. The Morgan fingerprint density at radius 3 is 2.85 bits per heavy atom. The molecule has 0 radical (unpaired) electrons. The number of nitrogens with zero attached hydrogens (tertiary/aromatic N) is 3. The lowest BCUT2D eigenvalue weighted by atomic mass is 10.1. The molecule has 1 aromatic carbocycles. The number of fused-ring (bicyclic) bond motifs is 1. The Hall–Kier alpha value is -2.03. The number of rotatable bonds is 6. The van der Waals surface area contributed by atoms with Crippen LogP contribution in [0.5, 0.6) is 0 Å². The second-order valence-electron chi connectivity index (χ2n) is 6.08. The van der Waals surface area contributed by atoms with Gasteiger partial charge in [0.2, 0.25) is 0 Å². The number of hydrogen-bond donors (Lipinski definition) is 2. The van der Waals surface area contributed by atoms with Crippen LogP contribution in [0, 0.1) is 6.92 Å². The van der Waals surface area contributed by atoms with E-state index in [-0.39, 0.29) is 5.88 Å². The number of thioether (sulfide) groups is 1. The van der Waals surface area contributed by atoms with Crippen molar-refractivity contribution in [3.63, 3.8) is 0 Å². The molecule has 2 aromatic heterocycles. The summed E-state index contributed by atoms with van der Waals surface area (Å²) >= 11 is 6.97. The number of aliphatic hydroxyl groups excluding tert-OH is 1. The lowest BCUT2D eigenvalue weighted by molar-refractivity contribution is 0.223. The molecule has 0 bridgehead atoms. The van der Waals surface area contributed by atoms with Crippen molar-refractivity contribution in [1.29, 1.82) is 0 Å². The molecule has 9 heteroatoms. The smallest absolute Gasteiger partial charge is 0.329 e. The maximum atomic E-state index is 12.4. The fourth-order valence-corrected chi connectivity index (χ4v) is 3.84. The highest BCUT2D eigenvalue weighted by Gasteiger charge is 2.19. The van der Waals surface area contributed by atoms with Crippen molar-refractivity contribution in [3.05, 3.63) is 56.2 Å². The highest BCUT2D eigenvalue weighted by Crippen LogP contribution is 2.24. The summed E-state index contributed by atoms with van der Waals surface area (Å²) in [5.74, 6) is 0.455. The van der Waals surface area contributed by atoms with Crippen molar-refractivity contribution >= 4 is 34.5 Å². The van der Waals surface area contributed by atoms with Crippen LogP contribution in [0.2, 0.25) is 0 Å². The van der Waals surface area contributed by atoms with Crippen LogP contribution in [0.4, 0.5) is 0 Å². The maximum Gasteiger partial charge on any atom is 0.329 e. The molecule has 0 amide bonds. The Balaban J connectivity index is 2.14. The quantitative estimate of drug-likeness (QED) is 0.488. The Labute approximate surface area is 158 Å². The van der Waals surface area contributed by atoms with Gasteiger partial charge in [0, 0.05) is 18.7 Å². The zero-order valence-electron chi connectivity index (χ0n) is 14.4. The molecular formula is C17H19ClN4O3S. The standard InChI is InChI=1S/C17H19ClN4O3S/c1-10-4-3-5-11(6-10)8-22-13-14(21(2)16(25)20-15(13)24)19-17(22)26-9-12(23)7-18/h3-6,12,23H,7-9H2,1-2H3,(H,20,24,25). The summed E-state index contributed by atoms with van der Waals surface area (Å²) in [6.07, 6.45) is -0.684. The van der Waals surface area contributed by atoms with Crippen LogP contribution < -0.4 is 11.2 Å². The minimum atomic E-state index is -0.684. The Bertz CT molecular complexity index is 1060. The van der Waals surface area contributed by atoms with Crippen LogP contribution in [0.15, 0.2) is 39.0 Å². The van der Waals surface area contributed by atoms with Gasteiger partial charge >= 0.3 is 5.69 Å². The molecule has 3 aromatic rings. The molecule has 3 rings (SSSR count). The first-order chi connectivity index (χ1) is 12.4. The minimum Gasteiger partial charge on any atom is -0.391 e. The van der Waals surface area contributed by atoms with E-state index in [1.807, 2.05) is 31.2 Å². The minimum absolute atomic E-state index is 0.115. The lowest BCUT2D eigenvalue weighted by Gasteiger charge is -2.10. The molecule has 0 aliphatic rings. The number of aromatic amines is 1. The van der Waals surface area contributed by atoms with Gasteiger partial charge in [0.25, 0.3) is 5.56 Å². The number of aliphatic hydroxyl groups is 1. The summed E-state index contributed by atoms with van der Waals surface area (Å²) < 4.78 is 3.08. The van der Waals surface area contributed by atoms with E-state index >= 15 is 0 Å². The summed E-state index contributed by atoms with van der Waals surface area (Å²) in [6.45, 7) is 2.43. The predicted octanol–water partition coefficient (Wildman–Crippen LogP) is 1.47. The number of aromatic nitrogens is 4. The van der Waals surface area contributed by atoms with Crippen molar-refractivity contribution in [2.24, 2.45) is 7.05 Å². The van der Waals surface area contributed by atoms with E-state index in [2.05, 4.69) is 9.97 Å². The molecule has 0 saturated carbocycles. The molecular weight excluding hydrogens is 376 g/mol. The summed E-state index contributed by atoms with van der Waals surface area (Å²) in [6, 6.07) is 7.95. The van der Waals surface area contributed by atoms with Crippen LogP contribution in [0.1, 0.15) is 11.1 Å². The van der Waals surface area contributed by atoms with Crippen molar-refractivity contribution in [2.45, 2.75) is 24.7 Å². The fraction of sp³-hybridized carbons (Fsp3) is 0.353. The highest BCUT2D eigenvalue weighted by atomic mass is 35.5. The van der Waals surface area contributed by atoms with Gasteiger partial charge in [-0.3, -0.25) is 14.3 Å². The molecule has 1 unspecified atom stereocenters. The number of halogens is 1. The van der Waals surface area contributed by atoms with Crippen LogP contribution in [0.3, 0.4) is 0 Å². The summed E-state index contributed by atoms with van der Waals surface area (Å²) in [5.41, 5.74) is 1.77. The molecule has 0 fully saturated rings. The van der Waals surface area contributed by atoms with Gasteiger partial charge < -0.3 is 9.67 Å². The monoisotopic (exact) mass is 394 g/mol. The van der Waals surface area contributed by atoms with Crippen molar-refractivity contribution in [3.8, 4) is 0 Å². The second-order valence-corrected chi connectivity index (χ2v) is 7.37. The van der Waals surface area contributed by atoms with Gasteiger partial charge in [-0.15, -0.1) is 11.6 Å². The van der Waals surface area contributed by atoms with Gasteiger partial charge in [-0.2, -0.15) is 0 Å². The number of imidazole rings is 1. The predicted molar refractivity (Wildman–Crippen MR) is 103 cm³/mol. The summed E-state index contributed by atoms with van der Waals surface area (Å²) in [7, 11) is 1.56. The molecule has 2 N–H and O–H groups in total. The molecule has 2 heterocycles. The number of H-pyrrole nitrogens is 1. The van der Waals surface area contributed by atoms with Crippen LogP contribution in [-0.2, 0) is 13.6 Å². The van der Waals surface area contributed by atoms with Gasteiger partial charge in [0.15, 0.2) is 16.3 Å². The van der Waals surface area contributed by atoms with Crippen LogP contribution in [0.25, 0.3) is 11.2 Å². The van der Waals surface area contributed by atoms with Crippen LogP contribution in [-0.4, -0.2) is 41.9 Å². The van der Waals surface area contributed by atoms with E-state index in [0.717, 1.165) is 11.1 Å². The molecule has 0 aliphatic heterocycles. The van der Waals surface area contributed by atoms with E-state index < -0.39 is 17.4 Å². The third-order valence-corrected chi connectivity index (χ3v) is 5.46. The Kier molecular flexibility index (Phi) is 5.55. The van der Waals surface area contributed by atoms with Gasteiger partial charge in [-0.05, 0) is 12.5 Å². The average Bonchev–Trinajstić information content (AvgIpc) is 2.96. The molecule has 26 heavy (non-hydrogen) atoms. The van der Waals surface area contributed by atoms with E-state index in [4.69, 9.17) is 11.6 Å². The van der Waals surface area contributed by atoms with Crippen molar-refractivity contribution in [2.75, 3.05) is 11.6 Å². The number of nitrogens with one attached hydrogen (secondary N) is 1. The topological polar surface area (TPSA) is 92.9 Å². The zero-order valence-corrected chi connectivity index (χ0v) is 16.0. The molecule has 0 spiro atoms. The third kappa shape index (κ3) is 3.72.